The van der Waals surface area contributed by atoms with E-state index in [1.165, 1.54) is 12.8 Å². The molecule has 0 saturated carbocycles. The Labute approximate surface area is 102 Å². The fourth-order valence-electron chi connectivity index (χ4n) is 2.35. The first-order valence-corrected chi connectivity index (χ1v) is 6.75. The van der Waals surface area contributed by atoms with Crippen molar-refractivity contribution >= 4 is 0 Å². The van der Waals surface area contributed by atoms with Crippen LogP contribution in [0.5, 0.6) is 0 Å². The van der Waals surface area contributed by atoms with Crippen molar-refractivity contribution in [3.63, 3.8) is 0 Å². The number of nitrogens with one attached hydrogen (secondary N) is 1. The Hall–Kier alpha value is -0.0800. The third kappa shape index (κ3) is 9.17. The molecule has 0 spiro atoms. The van der Waals surface area contributed by atoms with Gasteiger partial charge in [0, 0.05) is 12.1 Å². The van der Waals surface area contributed by atoms with E-state index in [0.29, 0.717) is 12.1 Å². The Morgan fingerprint density at radius 1 is 0.812 bits per heavy atom. The molecular weight excluding hydrogens is 198 g/mol. The Kier molecular flexibility index (Phi) is 8.04. The highest BCUT2D eigenvalue weighted by Gasteiger charge is 2.16. The molecule has 0 aromatic carbocycles. The van der Waals surface area contributed by atoms with E-state index in [2.05, 4.69) is 39.9 Å². The molecule has 0 amide bonds. The summed E-state index contributed by atoms with van der Waals surface area (Å²) < 4.78 is 0. The molecule has 0 aromatic heterocycles. The van der Waals surface area contributed by atoms with Gasteiger partial charge in [0.05, 0.1) is 6.10 Å². The average Bonchev–Trinajstić information content (AvgIpc) is 1.97. The second-order valence-electron chi connectivity index (χ2n) is 6.11. The number of aliphatic hydroxyl groups excluding tert-OH is 1. The standard InChI is InChI=1S/C14H31NO/c1-10(2)7-14(8-11(3)4)15-12(5)9-13(6)16/h10-16H,7-9H2,1-6H3. The van der Waals surface area contributed by atoms with Gasteiger partial charge in [0.15, 0.2) is 0 Å². The van der Waals surface area contributed by atoms with Crippen molar-refractivity contribution in [2.45, 2.75) is 79.0 Å². The topological polar surface area (TPSA) is 32.3 Å². The minimum atomic E-state index is -0.207. The first-order valence-electron chi connectivity index (χ1n) is 6.75. The molecule has 16 heavy (non-hydrogen) atoms. The van der Waals surface area contributed by atoms with Crippen molar-refractivity contribution in [1.29, 1.82) is 0 Å². The normalized spacial score (nSPS) is 16.1. The van der Waals surface area contributed by atoms with E-state index in [1.807, 2.05) is 6.92 Å². The van der Waals surface area contributed by atoms with Crippen LogP contribution in [0.2, 0.25) is 0 Å². The minimum Gasteiger partial charge on any atom is -0.393 e. The second kappa shape index (κ2) is 8.08. The number of aliphatic hydroxyl groups is 1. The van der Waals surface area contributed by atoms with Crippen LogP contribution in [-0.4, -0.2) is 23.3 Å². The van der Waals surface area contributed by atoms with Crippen molar-refractivity contribution in [3.8, 4) is 0 Å². The van der Waals surface area contributed by atoms with Gasteiger partial charge in [-0.25, -0.2) is 0 Å². The van der Waals surface area contributed by atoms with Crippen molar-refractivity contribution in [1.82, 2.24) is 5.32 Å². The Morgan fingerprint density at radius 2 is 1.25 bits per heavy atom. The van der Waals surface area contributed by atoms with Gasteiger partial charge in [-0.3, -0.25) is 0 Å². The van der Waals surface area contributed by atoms with Crippen LogP contribution in [0.3, 0.4) is 0 Å². The number of rotatable bonds is 8. The summed E-state index contributed by atoms with van der Waals surface area (Å²) in [6.45, 7) is 13.1. The Bertz CT molecular complexity index is 156. The molecule has 2 unspecified atom stereocenters. The van der Waals surface area contributed by atoms with Crippen LogP contribution in [0.15, 0.2) is 0 Å². The molecule has 0 aliphatic carbocycles. The minimum absolute atomic E-state index is 0.207. The predicted octanol–water partition coefficient (Wildman–Crippen LogP) is 3.20. The van der Waals surface area contributed by atoms with Gasteiger partial charge >= 0.3 is 0 Å². The SMILES string of the molecule is CC(C)CC(CC(C)C)NC(C)CC(C)O. The zero-order chi connectivity index (χ0) is 12.7. The molecule has 0 rings (SSSR count). The molecule has 2 atom stereocenters. The first-order chi connectivity index (χ1) is 7.31. The summed E-state index contributed by atoms with van der Waals surface area (Å²) in [4.78, 5) is 0. The molecule has 2 N–H and O–H groups in total. The molecule has 0 fully saturated rings. The molecule has 0 saturated heterocycles. The smallest absolute Gasteiger partial charge is 0.0526 e. The van der Waals surface area contributed by atoms with Crippen molar-refractivity contribution in [3.05, 3.63) is 0 Å². The molecule has 0 heterocycles. The molecule has 2 heteroatoms. The molecule has 2 nitrogen and oxygen atoms in total. The zero-order valence-electron chi connectivity index (χ0n) is 12.0. The van der Waals surface area contributed by atoms with Gasteiger partial charge < -0.3 is 10.4 Å². The van der Waals surface area contributed by atoms with E-state index in [9.17, 15) is 5.11 Å². The summed E-state index contributed by atoms with van der Waals surface area (Å²) in [7, 11) is 0. The lowest BCUT2D eigenvalue weighted by Crippen LogP contribution is -2.39. The maximum atomic E-state index is 9.36. The van der Waals surface area contributed by atoms with Gasteiger partial charge in [-0.1, -0.05) is 27.7 Å². The second-order valence-corrected chi connectivity index (χ2v) is 6.11. The molecule has 0 bridgehead atoms. The summed E-state index contributed by atoms with van der Waals surface area (Å²) in [5.74, 6) is 1.46. The Balaban J connectivity index is 4.08. The summed E-state index contributed by atoms with van der Waals surface area (Å²) in [6.07, 6.45) is 3.08. The van der Waals surface area contributed by atoms with Gasteiger partial charge in [0.25, 0.3) is 0 Å². The highest BCUT2D eigenvalue weighted by Crippen LogP contribution is 2.14. The molecular formula is C14H31NO. The number of hydrogen-bond donors (Lipinski definition) is 2. The van der Waals surface area contributed by atoms with Crippen molar-refractivity contribution in [2.75, 3.05) is 0 Å². The predicted molar refractivity (Wildman–Crippen MR) is 71.6 cm³/mol. The van der Waals surface area contributed by atoms with Crippen LogP contribution >= 0.6 is 0 Å². The fourth-order valence-corrected chi connectivity index (χ4v) is 2.35. The van der Waals surface area contributed by atoms with Gasteiger partial charge in [0.1, 0.15) is 0 Å². The molecule has 0 radical (unpaired) electrons. The maximum Gasteiger partial charge on any atom is 0.0526 e. The molecule has 0 aromatic rings. The maximum absolute atomic E-state index is 9.36. The fraction of sp³-hybridized carbons (Fsp3) is 1.00. The van der Waals surface area contributed by atoms with Gasteiger partial charge in [-0.2, -0.15) is 0 Å². The van der Waals surface area contributed by atoms with Crippen LogP contribution in [0.1, 0.15) is 60.8 Å². The highest BCUT2D eigenvalue weighted by molar-refractivity contribution is 4.75. The lowest BCUT2D eigenvalue weighted by Gasteiger charge is -2.27. The van der Waals surface area contributed by atoms with Crippen molar-refractivity contribution < 1.29 is 5.11 Å². The molecule has 0 aliphatic rings. The summed E-state index contributed by atoms with van der Waals surface area (Å²) in [5, 5.41) is 13.0. The van der Waals surface area contributed by atoms with Crippen molar-refractivity contribution in [2.24, 2.45) is 11.8 Å². The van der Waals surface area contributed by atoms with E-state index >= 15 is 0 Å². The third-order valence-electron chi connectivity index (χ3n) is 2.73. The van der Waals surface area contributed by atoms with Crippen LogP contribution in [0.25, 0.3) is 0 Å². The molecule has 98 valence electrons. The molecule has 0 aliphatic heterocycles. The van der Waals surface area contributed by atoms with E-state index in [-0.39, 0.29) is 6.10 Å². The largest absolute Gasteiger partial charge is 0.393 e. The van der Waals surface area contributed by atoms with E-state index in [0.717, 1.165) is 18.3 Å². The summed E-state index contributed by atoms with van der Waals surface area (Å²) in [6, 6.07) is 0.997. The van der Waals surface area contributed by atoms with Gasteiger partial charge in [-0.05, 0) is 44.9 Å². The summed E-state index contributed by atoms with van der Waals surface area (Å²) >= 11 is 0. The van der Waals surface area contributed by atoms with Crippen LogP contribution < -0.4 is 5.32 Å². The van der Waals surface area contributed by atoms with E-state index < -0.39 is 0 Å². The lowest BCUT2D eigenvalue weighted by atomic mass is 9.94. The van der Waals surface area contributed by atoms with Crippen LogP contribution in [0, 0.1) is 11.8 Å². The summed E-state index contributed by atoms with van der Waals surface area (Å²) in [5.41, 5.74) is 0. The van der Waals surface area contributed by atoms with E-state index in [4.69, 9.17) is 0 Å². The highest BCUT2D eigenvalue weighted by atomic mass is 16.3. The quantitative estimate of drug-likeness (QED) is 0.670. The average molecular weight is 229 g/mol. The number of hydrogen-bond acceptors (Lipinski definition) is 2. The van der Waals surface area contributed by atoms with Gasteiger partial charge in [-0.15, -0.1) is 0 Å². The monoisotopic (exact) mass is 229 g/mol. The third-order valence-corrected chi connectivity index (χ3v) is 2.73. The zero-order valence-corrected chi connectivity index (χ0v) is 12.0. The lowest BCUT2D eigenvalue weighted by molar-refractivity contribution is 0.165. The van der Waals surface area contributed by atoms with Crippen LogP contribution in [-0.2, 0) is 0 Å². The van der Waals surface area contributed by atoms with Gasteiger partial charge in [0.2, 0.25) is 0 Å². The van der Waals surface area contributed by atoms with Crippen LogP contribution in [0.4, 0.5) is 0 Å². The van der Waals surface area contributed by atoms with E-state index in [1.54, 1.807) is 0 Å². The first kappa shape index (κ1) is 15.9. The Morgan fingerprint density at radius 3 is 1.56 bits per heavy atom.